The first kappa shape index (κ1) is 18.7. The van der Waals surface area contributed by atoms with Gasteiger partial charge in [0.15, 0.2) is 0 Å². The molecule has 8 heteroatoms. The van der Waals surface area contributed by atoms with Gasteiger partial charge in [0.25, 0.3) is 0 Å². The van der Waals surface area contributed by atoms with Crippen molar-refractivity contribution in [3.8, 4) is 11.5 Å². The highest BCUT2D eigenvalue weighted by molar-refractivity contribution is 5.91. The average Bonchev–Trinajstić information content (AvgIpc) is 2.60. The molecule has 0 aliphatic rings. The second kappa shape index (κ2) is 8.43. The van der Waals surface area contributed by atoms with E-state index < -0.39 is 36.7 Å². The smallest absolute Gasteiger partial charge is 0.311 e. The van der Waals surface area contributed by atoms with E-state index in [0.717, 1.165) is 0 Å². The molecule has 0 fully saturated rings. The molecule has 0 unspecified atom stereocenters. The summed E-state index contributed by atoms with van der Waals surface area (Å²) in [5.41, 5.74) is -0.599. The van der Waals surface area contributed by atoms with Crippen LogP contribution in [0.15, 0.2) is 48.5 Å². The third-order valence-corrected chi connectivity index (χ3v) is 3.19. The molecule has 2 aromatic carbocycles. The van der Waals surface area contributed by atoms with Crippen LogP contribution in [0.2, 0.25) is 0 Å². The summed E-state index contributed by atoms with van der Waals surface area (Å²) in [6.45, 7) is 0. The molecular formula is C18H12O8-2. The maximum absolute atomic E-state index is 11.8. The number of carboxylic acids is 2. The van der Waals surface area contributed by atoms with E-state index in [0.29, 0.717) is 0 Å². The minimum Gasteiger partial charge on any atom is -0.545 e. The average molecular weight is 356 g/mol. The summed E-state index contributed by atoms with van der Waals surface area (Å²) < 4.78 is 9.80. The van der Waals surface area contributed by atoms with Gasteiger partial charge in [0, 0.05) is 11.1 Å². The van der Waals surface area contributed by atoms with E-state index in [2.05, 4.69) is 0 Å². The highest BCUT2D eigenvalue weighted by atomic mass is 16.5. The first-order chi connectivity index (χ1) is 12.4. The van der Waals surface area contributed by atoms with Gasteiger partial charge in [-0.25, -0.2) is 0 Å². The van der Waals surface area contributed by atoms with Crippen molar-refractivity contribution in [1.29, 1.82) is 0 Å². The zero-order chi connectivity index (χ0) is 19.1. The predicted octanol–water partition coefficient (Wildman–Crippen LogP) is -0.295. The molecule has 0 aliphatic carbocycles. The maximum Gasteiger partial charge on any atom is 0.311 e. The number of rotatable bonds is 7. The molecule has 0 bridgehead atoms. The lowest BCUT2D eigenvalue weighted by molar-refractivity contribution is -0.256. The van der Waals surface area contributed by atoms with Gasteiger partial charge in [-0.05, 0) is 24.3 Å². The molecule has 134 valence electrons. The molecule has 0 heterocycles. The zero-order valence-corrected chi connectivity index (χ0v) is 13.3. The summed E-state index contributed by atoms with van der Waals surface area (Å²) >= 11 is 0. The normalized spacial score (nSPS) is 10.0. The lowest BCUT2D eigenvalue weighted by Gasteiger charge is -2.11. The molecule has 0 aliphatic heterocycles. The van der Waals surface area contributed by atoms with E-state index in [1.807, 2.05) is 0 Å². The molecule has 8 nitrogen and oxygen atoms in total. The van der Waals surface area contributed by atoms with E-state index in [1.54, 1.807) is 0 Å². The number of esters is 2. The molecule has 0 saturated heterocycles. The van der Waals surface area contributed by atoms with Crippen molar-refractivity contribution in [1.82, 2.24) is 0 Å². The lowest BCUT2D eigenvalue weighted by Crippen LogP contribution is -2.24. The van der Waals surface area contributed by atoms with Gasteiger partial charge in [0.2, 0.25) is 0 Å². The van der Waals surface area contributed by atoms with Crippen LogP contribution in [0.1, 0.15) is 33.6 Å². The summed E-state index contributed by atoms with van der Waals surface area (Å²) in [6, 6.07) is 10.8. The van der Waals surface area contributed by atoms with Crippen LogP contribution in [0.25, 0.3) is 0 Å². The van der Waals surface area contributed by atoms with Crippen LogP contribution in [0.4, 0.5) is 0 Å². The van der Waals surface area contributed by atoms with Gasteiger partial charge in [-0.15, -0.1) is 0 Å². The molecule has 0 N–H and O–H groups in total. The number of carbonyl (C=O) groups excluding carboxylic acids is 4. The molecule has 0 saturated carbocycles. The minimum absolute atomic E-state index is 0.201. The molecule has 0 aromatic heterocycles. The second-order valence-corrected chi connectivity index (χ2v) is 5.02. The van der Waals surface area contributed by atoms with Crippen LogP contribution in [0.5, 0.6) is 11.5 Å². The van der Waals surface area contributed by atoms with Gasteiger partial charge in [0.05, 0.1) is 24.8 Å². The summed E-state index contributed by atoms with van der Waals surface area (Å²) in [7, 11) is 0. The molecule has 26 heavy (non-hydrogen) atoms. The standard InChI is InChI=1S/C18H14O8/c19-15(25-13-7-3-1-5-11(13)17(21)22)9-10-16(20)26-14-8-4-2-6-12(14)18(23)24/h1-8H,9-10H2,(H,21,22)(H,23,24)/p-2. The Labute approximate surface area is 147 Å². The molecular weight excluding hydrogens is 344 g/mol. The fraction of sp³-hybridized carbons (Fsp3) is 0.111. The van der Waals surface area contributed by atoms with Crippen LogP contribution in [0.3, 0.4) is 0 Å². The Morgan fingerprint density at radius 3 is 1.35 bits per heavy atom. The Morgan fingerprint density at radius 2 is 1.00 bits per heavy atom. The monoisotopic (exact) mass is 356 g/mol. The highest BCUT2D eigenvalue weighted by Gasteiger charge is 2.14. The van der Waals surface area contributed by atoms with Gasteiger partial charge >= 0.3 is 11.9 Å². The van der Waals surface area contributed by atoms with Crippen molar-refractivity contribution in [3.05, 3.63) is 59.7 Å². The topological polar surface area (TPSA) is 133 Å². The van der Waals surface area contributed by atoms with Gasteiger partial charge in [-0.2, -0.15) is 0 Å². The SMILES string of the molecule is O=C(CCC(=O)Oc1ccccc1C(=O)[O-])Oc1ccccc1C(=O)[O-]. The summed E-state index contributed by atoms with van der Waals surface area (Å²) in [6.07, 6.45) is -0.790. The number of carboxylic acid groups (broad SMARTS) is 2. The Kier molecular flexibility index (Phi) is 6.05. The van der Waals surface area contributed by atoms with Gasteiger partial charge in [-0.3, -0.25) is 9.59 Å². The Morgan fingerprint density at radius 1 is 0.654 bits per heavy atom. The first-order valence-electron chi connectivity index (χ1n) is 7.40. The number of benzene rings is 2. The van der Waals surface area contributed by atoms with Crippen LogP contribution >= 0.6 is 0 Å². The minimum atomic E-state index is -1.51. The molecule has 0 radical (unpaired) electrons. The van der Waals surface area contributed by atoms with Crippen LogP contribution in [0, 0.1) is 0 Å². The van der Waals surface area contributed by atoms with Crippen molar-refractivity contribution < 1.29 is 38.9 Å². The maximum atomic E-state index is 11.8. The third kappa shape index (κ3) is 4.91. The van der Waals surface area contributed by atoms with E-state index in [1.165, 1.54) is 48.5 Å². The van der Waals surface area contributed by atoms with E-state index in [4.69, 9.17) is 9.47 Å². The van der Waals surface area contributed by atoms with E-state index >= 15 is 0 Å². The predicted molar refractivity (Wildman–Crippen MR) is 82.0 cm³/mol. The summed E-state index contributed by atoms with van der Waals surface area (Å²) in [4.78, 5) is 45.4. The number of para-hydroxylation sites is 2. The number of hydrogen-bond acceptors (Lipinski definition) is 8. The van der Waals surface area contributed by atoms with Crippen LogP contribution in [-0.2, 0) is 9.59 Å². The van der Waals surface area contributed by atoms with Crippen molar-refractivity contribution in [2.75, 3.05) is 0 Å². The number of carbonyl (C=O) groups is 4. The van der Waals surface area contributed by atoms with Crippen molar-refractivity contribution in [3.63, 3.8) is 0 Å². The zero-order valence-electron chi connectivity index (χ0n) is 13.3. The van der Waals surface area contributed by atoms with Crippen LogP contribution < -0.4 is 19.7 Å². The third-order valence-electron chi connectivity index (χ3n) is 3.19. The largest absolute Gasteiger partial charge is 0.545 e. The fourth-order valence-electron chi connectivity index (χ4n) is 2.00. The Bertz CT molecular complexity index is 784. The molecule has 2 rings (SSSR count). The summed E-state index contributed by atoms with van der Waals surface area (Å²) in [5.74, 6) is -5.13. The number of ether oxygens (including phenoxy) is 2. The molecule has 0 spiro atoms. The van der Waals surface area contributed by atoms with Gasteiger partial charge in [0.1, 0.15) is 11.5 Å². The summed E-state index contributed by atoms with van der Waals surface area (Å²) in [5, 5.41) is 21.9. The Hall–Kier alpha value is -3.68. The molecule has 2 aromatic rings. The van der Waals surface area contributed by atoms with Crippen LogP contribution in [-0.4, -0.2) is 23.9 Å². The second-order valence-electron chi connectivity index (χ2n) is 5.02. The molecule has 0 atom stereocenters. The van der Waals surface area contributed by atoms with Crippen molar-refractivity contribution in [2.45, 2.75) is 12.8 Å². The highest BCUT2D eigenvalue weighted by Crippen LogP contribution is 2.19. The van der Waals surface area contributed by atoms with Crippen molar-refractivity contribution >= 4 is 23.9 Å². The lowest BCUT2D eigenvalue weighted by atomic mass is 10.2. The van der Waals surface area contributed by atoms with Gasteiger partial charge in [-0.1, -0.05) is 24.3 Å². The number of aromatic carboxylic acids is 2. The quantitative estimate of drug-likeness (QED) is 0.488. The molecule has 0 amide bonds. The van der Waals surface area contributed by atoms with Crippen molar-refractivity contribution in [2.24, 2.45) is 0 Å². The number of hydrogen-bond donors (Lipinski definition) is 0. The fourth-order valence-corrected chi connectivity index (χ4v) is 2.00. The Balaban J connectivity index is 1.93. The van der Waals surface area contributed by atoms with E-state index in [9.17, 15) is 29.4 Å². The van der Waals surface area contributed by atoms with E-state index in [-0.39, 0.29) is 22.6 Å². The van der Waals surface area contributed by atoms with Gasteiger partial charge < -0.3 is 29.3 Å². The first-order valence-corrected chi connectivity index (χ1v) is 7.40.